The molecule has 10 nitrogen and oxygen atoms in total. The van der Waals surface area contributed by atoms with Crippen LogP contribution in [0.4, 0.5) is 17.1 Å². The van der Waals surface area contributed by atoms with Gasteiger partial charge >= 0.3 is 0 Å². The Kier molecular flexibility index (Phi) is 9.60. The minimum absolute atomic E-state index is 0.0160. The van der Waals surface area contributed by atoms with Gasteiger partial charge in [-0.25, -0.2) is 0 Å². The van der Waals surface area contributed by atoms with Crippen LogP contribution in [0.2, 0.25) is 0 Å². The zero-order chi connectivity index (χ0) is 20.6. The van der Waals surface area contributed by atoms with Gasteiger partial charge < -0.3 is 14.9 Å². The predicted octanol–water partition coefficient (Wildman–Crippen LogP) is 2.55. The van der Waals surface area contributed by atoms with Gasteiger partial charge in [0.15, 0.2) is 0 Å². The fourth-order valence-electron chi connectivity index (χ4n) is 2.58. The average molecular weight is 512 g/mol. The number of carbonyl (C=O) groups is 1. The van der Waals surface area contributed by atoms with Crippen LogP contribution >= 0.6 is 31.9 Å². The molecule has 0 saturated heterocycles. The largest absolute Gasteiger partial charge is 0.395 e. The summed E-state index contributed by atoms with van der Waals surface area (Å²) in [4.78, 5) is 37.2. The molecule has 0 aromatic heterocycles. The lowest BCUT2D eigenvalue weighted by molar-refractivity contribution is -0.393. The molecule has 1 aromatic rings. The summed E-state index contributed by atoms with van der Waals surface area (Å²) in [6.45, 7) is 2.37. The van der Waals surface area contributed by atoms with E-state index in [9.17, 15) is 25.0 Å². The third kappa shape index (κ3) is 5.84. The molecule has 150 valence electrons. The van der Waals surface area contributed by atoms with Gasteiger partial charge in [-0.1, -0.05) is 31.9 Å². The van der Waals surface area contributed by atoms with E-state index < -0.39 is 27.1 Å². The van der Waals surface area contributed by atoms with Gasteiger partial charge in [0.2, 0.25) is 0 Å². The lowest BCUT2D eigenvalue weighted by atomic mass is 10.1. The Balaban J connectivity index is 3.75. The quantitative estimate of drug-likeness (QED) is 0.274. The molecule has 0 aliphatic heterocycles. The average Bonchev–Trinajstić information content (AvgIpc) is 2.64. The first kappa shape index (κ1) is 23.2. The number of aliphatic hydroxyl groups excluding tert-OH is 1. The van der Waals surface area contributed by atoms with Crippen molar-refractivity contribution in [2.45, 2.75) is 6.92 Å². The van der Waals surface area contributed by atoms with Gasteiger partial charge in [0, 0.05) is 42.9 Å². The number of nitro groups is 2. The number of nitro benzene ring substituents is 2. The van der Waals surface area contributed by atoms with Crippen LogP contribution < -0.4 is 4.90 Å². The minimum Gasteiger partial charge on any atom is -0.395 e. The number of hydrogen-bond donors (Lipinski definition) is 1. The lowest BCUT2D eigenvalue weighted by Crippen LogP contribution is -2.36. The molecule has 0 unspecified atom stereocenters. The lowest BCUT2D eigenvalue weighted by Gasteiger charge is -2.27. The van der Waals surface area contributed by atoms with E-state index in [0.717, 1.165) is 12.1 Å². The maximum Gasteiger partial charge on any atom is 0.300 e. The second-order valence-corrected chi connectivity index (χ2v) is 6.93. The van der Waals surface area contributed by atoms with Crippen molar-refractivity contribution in [3.05, 3.63) is 37.9 Å². The second kappa shape index (κ2) is 11.1. The zero-order valence-electron chi connectivity index (χ0n) is 14.6. The van der Waals surface area contributed by atoms with E-state index >= 15 is 0 Å². The first-order valence-corrected chi connectivity index (χ1v) is 10.3. The van der Waals surface area contributed by atoms with Crippen molar-refractivity contribution in [2.75, 3.05) is 48.3 Å². The monoisotopic (exact) mass is 510 g/mol. The molecular weight excluding hydrogens is 492 g/mol. The van der Waals surface area contributed by atoms with Gasteiger partial charge in [-0.15, -0.1) is 0 Å². The Labute approximate surface area is 172 Å². The summed E-state index contributed by atoms with van der Waals surface area (Å²) in [6.07, 6.45) is 0. The molecule has 0 bridgehead atoms. The molecule has 1 rings (SSSR count). The van der Waals surface area contributed by atoms with Crippen LogP contribution in [0.15, 0.2) is 12.1 Å². The summed E-state index contributed by atoms with van der Waals surface area (Å²) in [7, 11) is 0. The summed E-state index contributed by atoms with van der Waals surface area (Å²) in [5.41, 5.74) is -1.14. The highest BCUT2D eigenvalue weighted by Crippen LogP contribution is 2.37. The van der Waals surface area contributed by atoms with Crippen LogP contribution in [0.5, 0.6) is 0 Å². The molecule has 27 heavy (non-hydrogen) atoms. The van der Waals surface area contributed by atoms with Gasteiger partial charge in [-0.05, 0) is 6.92 Å². The summed E-state index contributed by atoms with van der Waals surface area (Å²) >= 11 is 6.56. The number of benzene rings is 1. The van der Waals surface area contributed by atoms with Crippen LogP contribution in [0.3, 0.4) is 0 Å². The summed E-state index contributed by atoms with van der Waals surface area (Å²) in [5.74, 6) is -0.609. The van der Waals surface area contributed by atoms with E-state index in [-0.39, 0.29) is 30.9 Å². The number of aliphatic hydroxyl groups is 1. The molecule has 0 heterocycles. The Bertz CT molecular complexity index is 697. The van der Waals surface area contributed by atoms with Gasteiger partial charge in [0.05, 0.1) is 28.1 Å². The normalized spacial score (nSPS) is 10.5. The van der Waals surface area contributed by atoms with Crippen LogP contribution in [0.1, 0.15) is 17.3 Å². The first-order chi connectivity index (χ1) is 12.8. The Morgan fingerprint density at radius 3 is 2.11 bits per heavy atom. The third-order valence-corrected chi connectivity index (χ3v) is 4.49. The van der Waals surface area contributed by atoms with Crippen LogP contribution in [-0.2, 0) is 0 Å². The number of alkyl halides is 2. The van der Waals surface area contributed by atoms with Gasteiger partial charge in [-0.3, -0.25) is 25.0 Å². The Morgan fingerprint density at radius 2 is 1.70 bits per heavy atom. The fourth-order valence-corrected chi connectivity index (χ4v) is 3.43. The van der Waals surface area contributed by atoms with Crippen molar-refractivity contribution in [3.63, 3.8) is 0 Å². The molecule has 1 amide bonds. The van der Waals surface area contributed by atoms with E-state index in [1.165, 1.54) is 4.90 Å². The van der Waals surface area contributed by atoms with E-state index in [2.05, 4.69) is 31.9 Å². The Morgan fingerprint density at radius 1 is 1.11 bits per heavy atom. The number of non-ortho nitro benzene ring substituents is 1. The number of amides is 1. The van der Waals surface area contributed by atoms with Crippen molar-refractivity contribution in [3.8, 4) is 0 Å². The van der Waals surface area contributed by atoms with Crippen molar-refractivity contribution in [1.29, 1.82) is 0 Å². The number of halogens is 2. The smallest absolute Gasteiger partial charge is 0.300 e. The molecule has 0 fully saturated rings. The predicted molar refractivity (Wildman–Crippen MR) is 108 cm³/mol. The number of nitrogens with zero attached hydrogens (tertiary/aromatic N) is 4. The molecule has 0 aliphatic carbocycles. The molecule has 0 spiro atoms. The third-order valence-electron chi connectivity index (χ3n) is 3.78. The molecule has 0 saturated carbocycles. The van der Waals surface area contributed by atoms with Crippen molar-refractivity contribution < 1.29 is 19.7 Å². The van der Waals surface area contributed by atoms with Crippen LogP contribution in [-0.4, -0.2) is 69.2 Å². The summed E-state index contributed by atoms with van der Waals surface area (Å²) in [5, 5.41) is 33.0. The topological polar surface area (TPSA) is 130 Å². The second-order valence-electron chi connectivity index (χ2n) is 5.35. The highest BCUT2D eigenvalue weighted by atomic mass is 79.9. The summed E-state index contributed by atoms with van der Waals surface area (Å²) in [6, 6.07) is 1.92. The maximum atomic E-state index is 13.0. The van der Waals surface area contributed by atoms with Crippen LogP contribution in [0.25, 0.3) is 0 Å². The molecule has 1 N–H and O–H groups in total. The number of rotatable bonds is 11. The van der Waals surface area contributed by atoms with E-state index in [1.807, 2.05) is 0 Å². The van der Waals surface area contributed by atoms with Crippen molar-refractivity contribution >= 4 is 54.8 Å². The highest BCUT2D eigenvalue weighted by Gasteiger charge is 2.32. The van der Waals surface area contributed by atoms with E-state index in [0.29, 0.717) is 23.7 Å². The number of likely N-dealkylation sites (N-methyl/N-ethyl adjacent to an activating group) is 1. The van der Waals surface area contributed by atoms with Crippen molar-refractivity contribution in [1.82, 2.24) is 4.90 Å². The molecular formula is C15H20Br2N4O6. The fraction of sp³-hybridized carbons (Fsp3) is 0.533. The number of carbonyl (C=O) groups excluding carboxylic acids is 1. The molecule has 0 radical (unpaired) electrons. The zero-order valence-corrected chi connectivity index (χ0v) is 17.8. The van der Waals surface area contributed by atoms with Gasteiger partial charge in [-0.2, -0.15) is 0 Å². The minimum atomic E-state index is -0.769. The van der Waals surface area contributed by atoms with E-state index in [4.69, 9.17) is 5.11 Å². The highest BCUT2D eigenvalue weighted by molar-refractivity contribution is 9.09. The molecule has 1 aromatic carbocycles. The van der Waals surface area contributed by atoms with Crippen LogP contribution in [0, 0.1) is 20.2 Å². The van der Waals surface area contributed by atoms with Gasteiger partial charge in [0.1, 0.15) is 5.69 Å². The molecule has 0 atom stereocenters. The molecule has 12 heteroatoms. The maximum absolute atomic E-state index is 13.0. The standard InChI is InChI=1S/C15H20Br2N4O6/c1-2-18(7-8-22)15(23)12-9-11(20(24)25)10-13(21(26)27)14(12)19(5-3-16)6-4-17/h9-10,22H,2-8H2,1H3. The van der Waals surface area contributed by atoms with Gasteiger partial charge in [0.25, 0.3) is 17.3 Å². The van der Waals surface area contributed by atoms with E-state index in [1.54, 1.807) is 11.8 Å². The SMILES string of the molecule is CCN(CCO)C(=O)c1cc([N+](=O)[O-])cc([N+](=O)[O-])c1N(CCBr)CCBr. The Hall–Kier alpha value is -1.79. The molecule has 0 aliphatic rings. The van der Waals surface area contributed by atoms with Crippen molar-refractivity contribution in [2.24, 2.45) is 0 Å². The number of anilines is 1. The first-order valence-electron chi connectivity index (χ1n) is 8.06. The summed E-state index contributed by atoms with van der Waals surface area (Å²) < 4.78 is 0. The number of hydrogen-bond acceptors (Lipinski definition) is 7.